The molecule has 0 bridgehead atoms. The zero-order chi connectivity index (χ0) is 15.8. The third-order valence-electron chi connectivity index (χ3n) is 3.14. The summed E-state index contributed by atoms with van der Waals surface area (Å²) in [6.07, 6.45) is 1.22. The van der Waals surface area contributed by atoms with Crippen molar-refractivity contribution >= 4 is 30.6 Å². The Balaban J connectivity index is 3.06. The Bertz CT molecular complexity index is 857. The van der Waals surface area contributed by atoms with Crippen molar-refractivity contribution < 1.29 is 17.9 Å². The molecule has 0 saturated heterocycles. The van der Waals surface area contributed by atoms with Crippen LogP contribution >= 0.6 is 10.7 Å². The predicted molar refractivity (Wildman–Crippen MR) is 80.0 cm³/mol. The quantitative estimate of drug-likeness (QED) is 0.801. The number of pyridine rings is 1. The van der Waals surface area contributed by atoms with Crippen molar-refractivity contribution in [2.75, 3.05) is 14.2 Å². The smallest absolute Gasteiger partial charge is 0.266 e. The van der Waals surface area contributed by atoms with E-state index >= 15 is 0 Å². The van der Waals surface area contributed by atoms with Gasteiger partial charge in [-0.1, -0.05) is 0 Å². The number of halogens is 1. The lowest BCUT2D eigenvalue weighted by molar-refractivity contribution is 0.396. The van der Waals surface area contributed by atoms with Crippen LogP contribution in [0.25, 0.3) is 10.9 Å². The molecule has 21 heavy (non-hydrogen) atoms. The summed E-state index contributed by atoms with van der Waals surface area (Å²) in [6, 6.07) is 3.10. The van der Waals surface area contributed by atoms with Gasteiger partial charge in [-0.25, -0.2) is 8.42 Å². The number of fused-ring (bicyclic) bond motifs is 1. The van der Waals surface area contributed by atoms with Crippen LogP contribution in [0.4, 0.5) is 0 Å². The van der Waals surface area contributed by atoms with Crippen LogP contribution < -0.4 is 14.9 Å². The maximum Gasteiger partial charge on any atom is 0.266 e. The van der Waals surface area contributed by atoms with Crippen molar-refractivity contribution in [1.82, 2.24) is 4.57 Å². The molecule has 8 heteroatoms. The molecular formula is C13H14ClNO5S. The van der Waals surface area contributed by atoms with Gasteiger partial charge >= 0.3 is 0 Å². The topological polar surface area (TPSA) is 74.6 Å². The van der Waals surface area contributed by atoms with Gasteiger partial charge in [0.2, 0.25) is 5.43 Å². The highest BCUT2D eigenvalue weighted by Gasteiger charge is 2.21. The van der Waals surface area contributed by atoms with Gasteiger partial charge in [0, 0.05) is 29.5 Å². The molecule has 0 spiro atoms. The maximum atomic E-state index is 12.4. The van der Waals surface area contributed by atoms with Gasteiger partial charge in [0.25, 0.3) is 9.05 Å². The lowest BCUT2D eigenvalue weighted by Gasteiger charge is -2.14. The fraction of sp³-hybridized carbons (Fsp3) is 0.308. The Kier molecular flexibility index (Phi) is 4.15. The van der Waals surface area contributed by atoms with E-state index in [1.54, 1.807) is 10.6 Å². The van der Waals surface area contributed by atoms with E-state index in [4.69, 9.17) is 20.2 Å². The minimum atomic E-state index is -4.14. The molecule has 1 heterocycles. The van der Waals surface area contributed by atoms with Gasteiger partial charge in [-0.05, 0) is 13.0 Å². The SMILES string of the molecule is CCn1cc(S(=O)(=O)Cl)c(=O)c2cc(OC)cc(OC)c21. The van der Waals surface area contributed by atoms with Crippen LogP contribution in [-0.2, 0) is 15.6 Å². The third kappa shape index (κ3) is 2.71. The van der Waals surface area contributed by atoms with E-state index in [2.05, 4.69) is 0 Å². The van der Waals surface area contributed by atoms with Gasteiger partial charge in [-0.15, -0.1) is 0 Å². The van der Waals surface area contributed by atoms with Crippen LogP contribution in [-0.4, -0.2) is 27.2 Å². The summed E-state index contributed by atoms with van der Waals surface area (Å²) in [4.78, 5) is 11.9. The summed E-state index contributed by atoms with van der Waals surface area (Å²) in [5.74, 6) is 0.810. The van der Waals surface area contributed by atoms with E-state index in [0.717, 1.165) is 0 Å². The lowest BCUT2D eigenvalue weighted by Crippen LogP contribution is -2.16. The van der Waals surface area contributed by atoms with Crippen molar-refractivity contribution in [3.63, 3.8) is 0 Å². The second kappa shape index (κ2) is 5.57. The summed E-state index contributed by atoms with van der Waals surface area (Å²) in [6.45, 7) is 2.26. The highest BCUT2D eigenvalue weighted by Crippen LogP contribution is 2.30. The number of benzene rings is 1. The molecule has 0 amide bonds. The molecule has 0 saturated carbocycles. The first-order valence-corrected chi connectivity index (χ1v) is 8.38. The normalized spacial score (nSPS) is 11.6. The van der Waals surface area contributed by atoms with Crippen LogP contribution in [0.5, 0.6) is 11.5 Å². The molecule has 1 aromatic heterocycles. The largest absolute Gasteiger partial charge is 0.497 e. The van der Waals surface area contributed by atoms with E-state index in [1.165, 1.54) is 26.5 Å². The fourth-order valence-electron chi connectivity index (χ4n) is 2.15. The number of rotatable bonds is 4. The number of methoxy groups -OCH3 is 2. The molecule has 6 nitrogen and oxygen atoms in total. The first-order chi connectivity index (χ1) is 9.83. The molecule has 0 fully saturated rings. The van der Waals surface area contributed by atoms with Crippen molar-refractivity contribution in [2.24, 2.45) is 0 Å². The molecule has 2 aromatic rings. The monoisotopic (exact) mass is 331 g/mol. The minimum Gasteiger partial charge on any atom is -0.497 e. The molecule has 114 valence electrons. The molecule has 0 radical (unpaired) electrons. The molecule has 0 aliphatic rings. The highest BCUT2D eigenvalue weighted by molar-refractivity contribution is 8.13. The van der Waals surface area contributed by atoms with Gasteiger partial charge in [-0.2, -0.15) is 0 Å². The number of aromatic nitrogens is 1. The van der Waals surface area contributed by atoms with Crippen molar-refractivity contribution in [3.8, 4) is 11.5 Å². The molecule has 0 aliphatic heterocycles. The van der Waals surface area contributed by atoms with Crippen molar-refractivity contribution in [2.45, 2.75) is 18.4 Å². The number of nitrogens with zero attached hydrogens (tertiary/aromatic N) is 1. The Hall–Kier alpha value is -1.73. The summed E-state index contributed by atoms with van der Waals surface area (Å²) in [5, 5.41) is 0.176. The summed E-state index contributed by atoms with van der Waals surface area (Å²) >= 11 is 0. The first kappa shape index (κ1) is 15.7. The van der Waals surface area contributed by atoms with E-state index < -0.39 is 19.4 Å². The van der Waals surface area contributed by atoms with E-state index in [9.17, 15) is 13.2 Å². The highest BCUT2D eigenvalue weighted by atomic mass is 35.7. The van der Waals surface area contributed by atoms with Crippen LogP contribution in [0.3, 0.4) is 0 Å². The minimum absolute atomic E-state index is 0.176. The number of aryl methyl sites for hydroxylation is 1. The van der Waals surface area contributed by atoms with E-state index in [-0.39, 0.29) is 5.39 Å². The van der Waals surface area contributed by atoms with E-state index in [1.807, 2.05) is 6.92 Å². The molecule has 0 N–H and O–H groups in total. The molecule has 1 aromatic carbocycles. The molecular weight excluding hydrogens is 318 g/mol. The van der Waals surface area contributed by atoms with Gasteiger partial charge in [0.1, 0.15) is 16.4 Å². The summed E-state index contributed by atoms with van der Waals surface area (Å²) in [7, 11) is 4.11. The van der Waals surface area contributed by atoms with Crippen molar-refractivity contribution in [3.05, 3.63) is 28.6 Å². The molecule has 0 atom stereocenters. The third-order valence-corrected chi connectivity index (χ3v) is 4.45. The Morgan fingerprint density at radius 3 is 2.38 bits per heavy atom. The number of ether oxygens (including phenoxy) is 2. The molecule has 2 rings (SSSR count). The zero-order valence-corrected chi connectivity index (χ0v) is 13.3. The number of hydrogen-bond acceptors (Lipinski definition) is 5. The van der Waals surface area contributed by atoms with Crippen LogP contribution in [0, 0.1) is 0 Å². The molecule has 0 unspecified atom stereocenters. The number of hydrogen-bond donors (Lipinski definition) is 0. The predicted octanol–water partition coefficient (Wildman–Crippen LogP) is 1.97. The maximum absolute atomic E-state index is 12.4. The van der Waals surface area contributed by atoms with Gasteiger partial charge in [-0.3, -0.25) is 4.79 Å². The summed E-state index contributed by atoms with van der Waals surface area (Å²) in [5.41, 5.74) is -0.184. The summed E-state index contributed by atoms with van der Waals surface area (Å²) < 4.78 is 35.1. The van der Waals surface area contributed by atoms with E-state index in [0.29, 0.717) is 23.6 Å². The van der Waals surface area contributed by atoms with Crippen LogP contribution in [0.1, 0.15) is 6.92 Å². The van der Waals surface area contributed by atoms with Crippen LogP contribution in [0.15, 0.2) is 28.0 Å². The average Bonchev–Trinajstić information content (AvgIpc) is 2.45. The van der Waals surface area contributed by atoms with Gasteiger partial charge in [0.05, 0.1) is 25.1 Å². The van der Waals surface area contributed by atoms with Gasteiger partial charge in [0.15, 0.2) is 0 Å². The second-order valence-electron chi connectivity index (χ2n) is 4.27. The first-order valence-electron chi connectivity index (χ1n) is 6.07. The van der Waals surface area contributed by atoms with Crippen LogP contribution in [0.2, 0.25) is 0 Å². The Morgan fingerprint density at radius 1 is 1.24 bits per heavy atom. The Morgan fingerprint density at radius 2 is 1.90 bits per heavy atom. The molecule has 0 aliphatic carbocycles. The van der Waals surface area contributed by atoms with Crippen molar-refractivity contribution in [1.29, 1.82) is 0 Å². The standard InChI is InChI=1S/C13H14ClNO5S/c1-4-15-7-11(21(14,17)18)13(16)9-5-8(19-2)6-10(20-3)12(9)15/h5-7H,4H2,1-3H3. The van der Waals surface area contributed by atoms with Gasteiger partial charge < -0.3 is 14.0 Å². The second-order valence-corrected chi connectivity index (χ2v) is 6.81. The lowest BCUT2D eigenvalue weighted by atomic mass is 10.1. The zero-order valence-electron chi connectivity index (χ0n) is 11.7. The Labute approximate surface area is 126 Å². The fourth-order valence-corrected chi connectivity index (χ4v) is 3.06. The average molecular weight is 332 g/mol.